The van der Waals surface area contributed by atoms with Crippen LogP contribution in [0.5, 0.6) is 0 Å². The maximum atomic E-state index is 5.11. The molecule has 0 fully saturated rings. The van der Waals surface area contributed by atoms with Gasteiger partial charge in [-0.05, 0) is 82.6 Å². The van der Waals surface area contributed by atoms with Gasteiger partial charge in [0.25, 0.3) is 0 Å². The fraction of sp³-hybridized carbons (Fsp3) is 0.0250. The van der Waals surface area contributed by atoms with Crippen molar-refractivity contribution in [3.05, 3.63) is 146 Å². The Morgan fingerprint density at radius 2 is 1.31 bits per heavy atom. The van der Waals surface area contributed by atoms with E-state index in [-0.39, 0.29) is 0 Å². The molecule has 0 saturated carbocycles. The maximum Gasteiger partial charge on any atom is 0.145 e. The topological polar surface area (TPSA) is 48.5 Å². The van der Waals surface area contributed by atoms with Gasteiger partial charge < -0.3 is 4.57 Å². The van der Waals surface area contributed by atoms with Crippen LogP contribution in [0.1, 0.15) is 0 Å². The minimum Gasteiger partial charge on any atom is -0.327 e. The molecule has 212 valence electrons. The third-order valence-electron chi connectivity index (χ3n) is 8.81. The van der Waals surface area contributed by atoms with E-state index in [0.29, 0.717) is 0 Å². The number of pyridine rings is 2. The first-order valence-electron chi connectivity index (χ1n) is 15.1. The van der Waals surface area contributed by atoms with E-state index in [9.17, 15) is 0 Å². The monoisotopic (exact) mass is 577 g/mol. The molecule has 9 aromatic rings. The molecule has 45 heavy (non-hydrogen) atoms. The Morgan fingerprint density at radius 3 is 2.22 bits per heavy atom. The van der Waals surface area contributed by atoms with Crippen molar-refractivity contribution >= 4 is 43.7 Å². The van der Waals surface area contributed by atoms with Gasteiger partial charge in [-0.2, -0.15) is 0 Å². The summed E-state index contributed by atoms with van der Waals surface area (Å²) in [6.45, 7) is 0. The largest absolute Gasteiger partial charge is 0.327 e. The molecule has 0 saturated heterocycles. The quantitative estimate of drug-likeness (QED) is 0.209. The zero-order valence-corrected chi connectivity index (χ0v) is 24.6. The van der Waals surface area contributed by atoms with Gasteiger partial charge in [0.2, 0.25) is 0 Å². The van der Waals surface area contributed by atoms with Crippen molar-refractivity contribution in [1.82, 2.24) is 24.1 Å². The van der Waals surface area contributed by atoms with Gasteiger partial charge >= 0.3 is 0 Å². The zero-order chi connectivity index (χ0) is 29.9. The predicted octanol–water partition coefficient (Wildman–Crippen LogP) is 9.61. The molecular weight excluding hydrogens is 550 g/mol. The van der Waals surface area contributed by atoms with Crippen molar-refractivity contribution < 1.29 is 0 Å². The zero-order valence-electron chi connectivity index (χ0n) is 24.6. The third kappa shape index (κ3) is 4.13. The van der Waals surface area contributed by atoms with Gasteiger partial charge in [-0.25, -0.2) is 9.97 Å². The Balaban J connectivity index is 1.20. The molecule has 0 amide bonds. The molecular formula is C40H27N5. The van der Waals surface area contributed by atoms with Crippen molar-refractivity contribution in [2.24, 2.45) is 7.05 Å². The van der Waals surface area contributed by atoms with E-state index >= 15 is 0 Å². The minimum atomic E-state index is 0.924. The molecule has 0 spiro atoms. The number of hydrogen-bond acceptors (Lipinski definition) is 3. The van der Waals surface area contributed by atoms with Gasteiger partial charge in [0.15, 0.2) is 0 Å². The normalized spacial score (nSPS) is 11.7. The fourth-order valence-electron chi connectivity index (χ4n) is 6.58. The van der Waals surface area contributed by atoms with Crippen LogP contribution in [0.15, 0.2) is 146 Å². The molecule has 9 rings (SSSR count). The number of rotatable bonds is 4. The van der Waals surface area contributed by atoms with E-state index in [1.165, 1.54) is 21.9 Å². The van der Waals surface area contributed by atoms with Crippen molar-refractivity contribution in [1.29, 1.82) is 0 Å². The highest BCUT2D eigenvalue weighted by Crippen LogP contribution is 2.36. The van der Waals surface area contributed by atoms with E-state index in [0.717, 1.165) is 61.3 Å². The Morgan fingerprint density at radius 1 is 0.511 bits per heavy atom. The second kappa shape index (κ2) is 10.00. The molecule has 5 heteroatoms. The number of aryl methyl sites for hydroxylation is 1. The summed E-state index contributed by atoms with van der Waals surface area (Å²) in [7, 11) is 2.10. The van der Waals surface area contributed by atoms with Crippen LogP contribution in [0.2, 0.25) is 0 Å². The molecule has 0 aliphatic rings. The lowest BCUT2D eigenvalue weighted by atomic mass is 10.0. The van der Waals surface area contributed by atoms with Crippen molar-refractivity contribution in [2.75, 3.05) is 0 Å². The van der Waals surface area contributed by atoms with Gasteiger partial charge in [0, 0.05) is 47.0 Å². The van der Waals surface area contributed by atoms with Gasteiger partial charge in [-0.15, -0.1) is 0 Å². The van der Waals surface area contributed by atoms with Gasteiger partial charge in [0.1, 0.15) is 11.5 Å². The van der Waals surface area contributed by atoms with Crippen LogP contribution in [-0.4, -0.2) is 24.1 Å². The van der Waals surface area contributed by atoms with E-state index in [1.807, 2.05) is 36.7 Å². The number of aromatic nitrogens is 5. The molecule has 0 atom stereocenters. The molecule has 0 unspecified atom stereocenters. The average Bonchev–Trinajstić information content (AvgIpc) is 3.62. The Bertz CT molecular complexity index is 2560. The molecule has 0 aliphatic heterocycles. The van der Waals surface area contributed by atoms with Crippen LogP contribution < -0.4 is 0 Å². The summed E-state index contributed by atoms with van der Waals surface area (Å²) in [6.07, 6.45) is 3.69. The van der Waals surface area contributed by atoms with Crippen LogP contribution in [0, 0.1) is 0 Å². The first kappa shape index (κ1) is 25.4. The maximum absolute atomic E-state index is 5.11. The fourth-order valence-corrected chi connectivity index (χ4v) is 6.58. The van der Waals surface area contributed by atoms with Gasteiger partial charge in [-0.1, -0.05) is 72.8 Å². The molecule has 4 heterocycles. The minimum absolute atomic E-state index is 0.924. The molecule has 5 nitrogen and oxygen atoms in total. The number of hydrogen-bond donors (Lipinski definition) is 0. The third-order valence-corrected chi connectivity index (χ3v) is 8.81. The van der Waals surface area contributed by atoms with Crippen molar-refractivity contribution in [2.45, 2.75) is 0 Å². The van der Waals surface area contributed by atoms with Crippen molar-refractivity contribution in [3.8, 4) is 39.5 Å². The van der Waals surface area contributed by atoms with E-state index in [4.69, 9.17) is 9.97 Å². The Labute approximate surface area is 259 Å². The lowest BCUT2D eigenvalue weighted by Gasteiger charge is -2.10. The van der Waals surface area contributed by atoms with Gasteiger partial charge in [0.05, 0.1) is 22.2 Å². The number of fused-ring (bicyclic) bond motifs is 5. The molecule has 0 radical (unpaired) electrons. The second-order valence-corrected chi connectivity index (χ2v) is 11.5. The summed E-state index contributed by atoms with van der Waals surface area (Å²) < 4.78 is 4.45. The molecule has 5 aromatic carbocycles. The molecule has 4 aromatic heterocycles. The number of nitrogens with zero attached hydrogens (tertiary/aromatic N) is 5. The average molecular weight is 578 g/mol. The summed E-state index contributed by atoms with van der Waals surface area (Å²) >= 11 is 0. The van der Waals surface area contributed by atoms with Gasteiger partial charge in [-0.3, -0.25) is 9.55 Å². The van der Waals surface area contributed by atoms with Crippen LogP contribution >= 0.6 is 0 Å². The standard InChI is InChI=1S/C40H27N5/c1-44-38-24-29(28-15-14-26-8-2-3-9-27(26)22-28)17-19-36(38)43-39(44)31-16-18-33-34-12-7-21-42-40(34)45(37(33)25-31)32-11-6-10-30(23-32)35-13-4-5-20-41-35/h2-25H,1H3. The number of imidazole rings is 1. The first-order valence-corrected chi connectivity index (χ1v) is 15.1. The van der Waals surface area contributed by atoms with Crippen LogP contribution in [-0.2, 0) is 7.05 Å². The highest BCUT2D eigenvalue weighted by molar-refractivity contribution is 6.09. The summed E-state index contributed by atoms with van der Waals surface area (Å²) in [5, 5.41) is 4.76. The molecule has 0 aliphatic carbocycles. The highest BCUT2D eigenvalue weighted by atomic mass is 15.1. The highest BCUT2D eigenvalue weighted by Gasteiger charge is 2.17. The van der Waals surface area contributed by atoms with E-state index in [1.54, 1.807) is 0 Å². The number of benzene rings is 5. The summed E-state index contributed by atoms with van der Waals surface area (Å²) in [4.78, 5) is 14.5. The lowest BCUT2D eigenvalue weighted by Crippen LogP contribution is -1.97. The second-order valence-electron chi connectivity index (χ2n) is 11.5. The molecule has 0 N–H and O–H groups in total. The summed E-state index contributed by atoms with van der Waals surface area (Å²) in [5.74, 6) is 0.926. The first-order chi connectivity index (χ1) is 22.2. The molecule has 0 bridgehead atoms. The van der Waals surface area contributed by atoms with E-state index < -0.39 is 0 Å². The SMILES string of the molecule is Cn1c(-c2ccc3c4cccnc4n(-c4cccc(-c5ccccn5)c4)c3c2)nc2ccc(-c3ccc4ccccc4c3)cc21. The van der Waals surface area contributed by atoms with Crippen molar-refractivity contribution in [3.63, 3.8) is 0 Å². The predicted molar refractivity (Wildman–Crippen MR) is 184 cm³/mol. The lowest BCUT2D eigenvalue weighted by molar-refractivity contribution is 0.959. The Hall–Kier alpha value is -6.07. The Kier molecular flexibility index (Phi) is 5.65. The van der Waals surface area contributed by atoms with Crippen LogP contribution in [0.3, 0.4) is 0 Å². The summed E-state index contributed by atoms with van der Waals surface area (Å²) in [5.41, 5.74) is 10.6. The van der Waals surface area contributed by atoms with E-state index in [2.05, 4.69) is 130 Å². The van der Waals surface area contributed by atoms with Crippen LogP contribution in [0.4, 0.5) is 0 Å². The smallest absolute Gasteiger partial charge is 0.145 e. The van der Waals surface area contributed by atoms with Crippen LogP contribution in [0.25, 0.3) is 83.2 Å². The summed E-state index contributed by atoms with van der Waals surface area (Å²) in [6, 6.07) is 47.0.